The van der Waals surface area contributed by atoms with Crippen molar-refractivity contribution in [3.63, 3.8) is 0 Å². The summed E-state index contributed by atoms with van der Waals surface area (Å²) >= 11 is 3.38. The molecule has 2 aromatic rings. The lowest BCUT2D eigenvalue weighted by molar-refractivity contribution is -0.115. The van der Waals surface area contributed by atoms with Crippen LogP contribution in [0.5, 0.6) is 0 Å². The number of nitrogens with one attached hydrogen (secondary N) is 1. The van der Waals surface area contributed by atoms with Crippen molar-refractivity contribution >= 4 is 37.5 Å². The van der Waals surface area contributed by atoms with Gasteiger partial charge >= 0.3 is 0 Å². The summed E-state index contributed by atoms with van der Waals surface area (Å²) in [7, 11) is -3.62. The Bertz CT molecular complexity index is 940. The minimum Gasteiger partial charge on any atom is -0.379 e. The molecule has 3 rings (SSSR count). The number of carbonyl (C=O) groups excluding carboxylic acids is 1. The standard InChI is InChI=1S/C19H21BrN2O4S/c1-14-5-6-17(21-19(23)12-15-3-2-4-16(20)11-15)13-18(14)27(24,25)22-7-9-26-10-8-22/h2-6,11,13H,7-10,12H2,1H3,(H,21,23). The van der Waals surface area contributed by atoms with Crippen molar-refractivity contribution in [2.45, 2.75) is 18.2 Å². The number of aryl methyl sites for hydroxylation is 1. The van der Waals surface area contributed by atoms with Gasteiger partial charge in [-0.1, -0.05) is 34.1 Å². The van der Waals surface area contributed by atoms with E-state index in [9.17, 15) is 13.2 Å². The Balaban J connectivity index is 1.77. The predicted molar refractivity (Wildman–Crippen MR) is 107 cm³/mol. The van der Waals surface area contributed by atoms with Crippen molar-refractivity contribution in [3.8, 4) is 0 Å². The van der Waals surface area contributed by atoms with E-state index in [4.69, 9.17) is 4.74 Å². The molecule has 6 nitrogen and oxygen atoms in total. The summed E-state index contributed by atoms with van der Waals surface area (Å²) in [4.78, 5) is 12.6. The molecule has 144 valence electrons. The largest absolute Gasteiger partial charge is 0.379 e. The Kier molecular flexibility index (Phi) is 6.31. The highest BCUT2D eigenvalue weighted by Crippen LogP contribution is 2.24. The Morgan fingerprint density at radius 2 is 1.93 bits per heavy atom. The fourth-order valence-corrected chi connectivity index (χ4v) is 5.02. The molecule has 27 heavy (non-hydrogen) atoms. The first kappa shape index (κ1) is 20.0. The molecule has 1 fully saturated rings. The lowest BCUT2D eigenvalue weighted by Gasteiger charge is -2.26. The number of benzene rings is 2. The zero-order chi connectivity index (χ0) is 19.4. The minimum absolute atomic E-state index is 0.202. The molecule has 1 amide bonds. The van der Waals surface area contributed by atoms with E-state index in [2.05, 4.69) is 21.2 Å². The average Bonchev–Trinajstić information content (AvgIpc) is 2.64. The molecule has 1 saturated heterocycles. The number of halogens is 1. The molecule has 0 radical (unpaired) electrons. The van der Waals surface area contributed by atoms with Gasteiger partial charge in [-0.05, 0) is 42.3 Å². The molecular formula is C19H21BrN2O4S. The molecule has 0 spiro atoms. The zero-order valence-electron chi connectivity index (χ0n) is 14.9. The molecule has 0 aliphatic carbocycles. The molecule has 2 aromatic carbocycles. The van der Waals surface area contributed by atoms with Gasteiger partial charge in [-0.15, -0.1) is 0 Å². The van der Waals surface area contributed by atoms with Crippen LogP contribution in [0.15, 0.2) is 51.8 Å². The molecule has 1 N–H and O–H groups in total. The monoisotopic (exact) mass is 452 g/mol. The Labute approximate surface area is 167 Å². The summed E-state index contributed by atoms with van der Waals surface area (Å²) in [6.45, 7) is 3.20. The second-order valence-corrected chi connectivity index (χ2v) is 9.17. The topological polar surface area (TPSA) is 75.7 Å². The molecule has 0 bridgehead atoms. The van der Waals surface area contributed by atoms with Gasteiger partial charge in [0.1, 0.15) is 0 Å². The molecule has 0 aromatic heterocycles. The lowest BCUT2D eigenvalue weighted by Crippen LogP contribution is -2.40. The summed E-state index contributed by atoms with van der Waals surface area (Å²) in [6.07, 6.45) is 0.207. The fraction of sp³-hybridized carbons (Fsp3) is 0.316. The second kappa shape index (κ2) is 8.52. The number of anilines is 1. The molecule has 0 unspecified atom stereocenters. The molecular weight excluding hydrogens is 432 g/mol. The van der Waals surface area contributed by atoms with Crippen molar-refractivity contribution in [1.29, 1.82) is 0 Å². The minimum atomic E-state index is -3.62. The van der Waals surface area contributed by atoms with Gasteiger partial charge in [0.15, 0.2) is 0 Å². The molecule has 0 atom stereocenters. The van der Waals surface area contributed by atoms with Crippen LogP contribution in [0.2, 0.25) is 0 Å². The van der Waals surface area contributed by atoms with Crippen LogP contribution in [0.4, 0.5) is 5.69 Å². The number of ether oxygens (including phenoxy) is 1. The number of hydrogen-bond donors (Lipinski definition) is 1. The van der Waals surface area contributed by atoms with Crippen molar-refractivity contribution in [2.75, 3.05) is 31.6 Å². The molecule has 1 aliphatic rings. The van der Waals surface area contributed by atoms with Gasteiger partial charge in [0.25, 0.3) is 0 Å². The van der Waals surface area contributed by atoms with Gasteiger partial charge in [-0.2, -0.15) is 4.31 Å². The third kappa shape index (κ3) is 4.95. The second-order valence-electron chi connectivity index (χ2n) is 6.35. The summed E-state index contributed by atoms with van der Waals surface area (Å²) in [5.74, 6) is -0.202. The van der Waals surface area contributed by atoms with Crippen molar-refractivity contribution in [3.05, 3.63) is 58.1 Å². The van der Waals surface area contributed by atoms with Crippen molar-refractivity contribution in [2.24, 2.45) is 0 Å². The first-order chi connectivity index (χ1) is 12.9. The lowest BCUT2D eigenvalue weighted by atomic mass is 10.1. The van der Waals surface area contributed by atoms with Gasteiger partial charge in [-0.25, -0.2) is 8.42 Å². The predicted octanol–water partition coefficient (Wildman–Crippen LogP) is 2.96. The van der Waals surface area contributed by atoms with E-state index in [1.54, 1.807) is 19.1 Å². The van der Waals surface area contributed by atoms with E-state index in [0.717, 1.165) is 10.0 Å². The maximum atomic E-state index is 12.9. The van der Waals surface area contributed by atoms with E-state index in [1.807, 2.05) is 24.3 Å². The van der Waals surface area contributed by atoms with E-state index in [0.29, 0.717) is 37.6 Å². The highest BCUT2D eigenvalue weighted by molar-refractivity contribution is 9.10. The Morgan fingerprint density at radius 3 is 2.63 bits per heavy atom. The van der Waals surface area contributed by atoms with Crippen LogP contribution in [0.25, 0.3) is 0 Å². The highest BCUT2D eigenvalue weighted by atomic mass is 79.9. The quantitative estimate of drug-likeness (QED) is 0.756. The van der Waals surface area contributed by atoms with Crippen molar-refractivity contribution < 1.29 is 17.9 Å². The summed E-state index contributed by atoms with van der Waals surface area (Å²) in [5, 5.41) is 2.79. The van der Waals surface area contributed by atoms with Crippen LogP contribution in [-0.2, 0) is 26.0 Å². The van der Waals surface area contributed by atoms with Crippen LogP contribution in [0.1, 0.15) is 11.1 Å². The third-order valence-corrected chi connectivity index (χ3v) is 6.85. The first-order valence-corrected chi connectivity index (χ1v) is 10.8. The molecule has 1 heterocycles. The number of nitrogens with zero attached hydrogens (tertiary/aromatic N) is 1. The van der Waals surface area contributed by atoms with E-state index < -0.39 is 10.0 Å². The van der Waals surface area contributed by atoms with Gasteiger partial charge in [0.2, 0.25) is 15.9 Å². The van der Waals surface area contributed by atoms with Gasteiger partial charge in [0, 0.05) is 23.2 Å². The number of morpholine rings is 1. The Hall–Kier alpha value is -1.74. The van der Waals surface area contributed by atoms with Crippen LogP contribution < -0.4 is 5.32 Å². The number of amides is 1. The smallest absolute Gasteiger partial charge is 0.243 e. The van der Waals surface area contributed by atoms with Gasteiger partial charge in [0.05, 0.1) is 24.5 Å². The highest BCUT2D eigenvalue weighted by Gasteiger charge is 2.28. The molecule has 1 aliphatic heterocycles. The summed E-state index contributed by atoms with van der Waals surface area (Å²) < 4.78 is 33.4. The van der Waals surface area contributed by atoms with Crippen LogP contribution in [0, 0.1) is 6.92 Å². The maximum Gasteiger partial charge on any atom is 0.243 e. The van der Waals surface area contributed by atoms with Crippen molar-refractivity contribution in [1.82, 2.24) is 4.31 Å². The van der Waals surface area contributed by atoms with Gasteiger partial charge < -0.3 is 10.1 Å². The number of carbonyl (C=O) groups is 1. The van der Waals surface area contributed by atoms with E-state index in [1.165, 1.54) is 10.4 Å². The summed E-state index contributed by atoms with van der Waals surface area (Å²) in [6, 6.07) is 12.5. The zero-order valence-corrected chi connectivity index (χ0v) is 17.3. The number of hydrogen-bond acceptors (Lipinski definition) is 4. The fourth-order valence-electron chi connectivity index (χ4n) is 2.92. The molecule has 8 heteroatoms. The first-order valence-electron chi connectivity index (χ1n) is 8.59. The SMILES string of the molecule is Cc1ccc(NC(=O)Cc2cccc(Br)c2)cc1S(=O)(=O)N1CCOCC1. The number of sulfonamides is 1. The van der Waals surface area contributed by atoms with Crippen LogP contribution in [-0.4, -0.2) is 44.9 Å². The Morgan fingerprint density at radius 1 is 1.19 bits per heavy atom. The summed E-state index contributed by atoms with van der Waals surface area (Å²) in [5.41, 5.74) is 1.98. The van der Waals surface area contributed by atoms with E-state index in [-0.39, 0.29) is 17.2 Å². The molecule has 0 saturated carbocycles. The van der Waals surface area contributed by atoms with Gasteiger partial charge in [-0.3, -0.25) is 4.79 Å². The maximum absolute atomic E-state index is 12.9. The van der Waals surface area contributed by atoms with E-state index >= 15 is 0 Å². The number of rotatable bonds is 5. The normalized spacial score (nSPS) is 15.5. The van der Waals surface area contributed by atoms with Crippen LogP contribution in [0.3, 0.4) is 0 Å². The third-order valence-electron chi connectivity index (χ3n) is 4.31. The van der Waals surface area contributed by atoms with Crippen LogP contribution >= 0.6 is 15.9 Å². The average molecular weight is 453 g/mol.